The molecule has 0 aliphatic heterocycles. The van der Waals surface area contributed by atoms with Crippen LogP contribution < -0.4 is 0 Å². The van der Waals surface area contributed by atoms with Crippen LogP contribution in [0.25, 0.3) is 0 Å². The Labute approximate surface area is 134 Å². The van der Waals surface area contributed by atoms with Crippen LogP contribution in [0, 0.1) is 6.92 Å². The highest BCUT2D eigenvalue weighted by Gasteiger charge is 2.52. The number of carbonyl (C=O) groups excluding carboxylic acids is 1. The molecule has 5 heteroatoms. The second kappa shape index (κ2) is 5.57. The van der Waals surface area contributed by atoms with Crippen molar-refractivity contribution in [3.63, 3.8) is 0 Å². The number of aryl methyl sites for hydroxylation is 1. The van der Waals surface area contributed by atoms with Gasteiger partial charge in [0.2, 0.25) is 5.91 Å². The number of hydrogen-bond acceptors (Lipinski definition) is 3. The maximum Gasteiger partial charge on any atom is 0.339 e. The third-order valence-corrected chi connectivity index (χ3v) is 4.42. The van der Waals surface area contributed by atoms with Gasteiger partial charge in [0.25, 0.3) is 0 Å². The molecule has 0 saturated heterocycles. The van der Waals surface area contributed by atoms with Gasteiger partial charge in [-0.15, -0.1) is 0 Å². The van der Waals surface area contributed by atoms with Crippen LogP contribution in [0.15, 0.2) is 40.8 Å². The predicted molar refractivity (Wildman–Crippen MR) is 84.2 cm³/mol. The van der Waals surface area contributed by atoms with E-state index in [4.69, 9.17) is 9.52 Å². The monoisotopic (exact) mass is 313 g/mol. The van der Waals surface area contributed by atoms with E-state index in [0.29, 0.717) is 11.5 Å². The van der Waals surface area contributed by atoms with Crippen LogP contribution in [-0.4, -0.2) is 28.9 Å². The van der Waals surface area contributed by atoms with Gasteiger partial charge in [0, 0.05) is 7.05 Å². The van der Waals surface area contributed by atoms with Crippen molar-refractivity contribution < 1.29 is 19.1 Å². The molecule has 0 spiro atoms. The van der Waals surface area contributed by atoms with E-state index in [0.717, 1.165) is 18.4 Å². The molecule has 0 bridgehead atoms. The number of furan rings is 1. The molecule has 1 aromatic carbocycles. The SMILES string of the molecule is Cc1oc(CN(C)C(=O)C2(c3ccccc3)CC2)cc1C(=O)O. The van der Waals surface area contributed by atoms with Gasteiger partial charge < -0.3 is 14.4 Å². The van der Waals surface area contributed by atoms with Gasteiger partial charge in [-0.05, 0) is 31.4 Å². The van der Waals surface area contributed by atoms with Crippen LogP contribution in [0.5, 0.6) is 0 Å². The van der Waals surface area contributed by atoms with Crippen LogP contribution in [-0.2, 0) is 16.8 Å². The zero-order valence-electron chi connectivity index (χ0n) is 13.2. The minimum absolute atomic E-state index is 0.0506. The summed E-state index contributed by atoms with van der Waals surface area (Å²) < 4.78 is 5.46. The second-order valence-corrected chi connectivity index (χ2v) is 6.10. The molecule has 1 aliphatic carbocycles. The number of likely N-dealkylation sites (N-methyl/N-ethyl adjacent to an activating group) is 1. The summed E-state index contributed by atoms with van der Waals surface area (Å²) in [5.74, 6) is -0.124. The Kier molecular flexibility index (Phi) is 3.72. The number of benzene rings is 1. The molecule has 1 saturated carbocycles. The number of carboxylic acids is 1. The molecule has 23 heavy (non-hydrogen) atoms. The first-order valence-electron chi connectivity index (χ1n) is 7.58. The zero-order chi connectivity index (χ0) is 16.6. The lowest BCUT2D eigenvalue weighted by Gasteiger charge is -2.23. The third-order valence-electron chi connectivity index (χ3n) is 4.42. The van der Waals surface area contributed by atoms with Gasteiger partial charge >= 0.3 is 5.97 Å². The summed E-state index contributed by atoms with van der Waals surface area (Å²) in [7, 11) is 1.73. The molecular formula is C18H19NO4. The molecule has 3 rings (SSSR count). The number of nitrogens with zero attached hydrogens (tertiary/aromatic N) is 1. The first-order chi connectivity index (χ1) is 10.9. The number of carboxylic acid groups (broad SMARTS) is 1. The molecule has 1 aromatic heterocycles. The fourth-order valence-electron chi connectivity index (χ4n) is 3.01. The highest BCUT2D eigenvalue weighted by molar-refractivity contribution is 5.91. The Hall–Kier alpha value is -2.56. The van der Waals surface area contributed by atoms with E-state index in [1.807, 2.05) is 30.3 Å². The highest BCUT2D eigenvalue weighted by Crippen LogP contribution is 2.49. The average molecular weight is 313 g/mol. The van der Waals surface area contributed by atoms with Gasteiger partial charge in [-0.25, -0.2) is 4.79 Å². The minimum Gasteiger partial charge on any atom is -0.478 e. The molecule has 5 nitrogen and oxygen atoms in total. The third kappa shape index (κ3) is 2.74. The molecule has 120 valence electrons. The van der Waals surface area contributed by atoms with Crippen molar-refractivity contribution in [3.8, 4) is 0 Å². The molecule has 0 atom stereocenters. The van der Waals surface area contributed by atoms with Crippen LogP contribution in [0.2, 0.25) is 0 Å². The van der Waals surface area contributed by atoms with Gasteiger partial charge in [-0.3, -0.25) is 4.79 Å². The van der Waals surface area contributed by atoms with Gasteiger partial charge in [0.15, 0.2) is 0 Å². The van der Waals surface area contributed by atoms with Gasteiger partial charge in [-0.1, -0.05) is 30.3 Å². The minimum atomic E-state index is -1.02. The molecule has 0 unspecified atom stereocenters. The van der Waals surface area contributed by atoms with E-state index < -0.39 is 11.4 Å². The summed E-state index contributed by atoms with van der Waals surface area (Å²) in [5.41, 5.74) is 0.761. The van der Waals surface area contributed by atoms with Gasteiger partial charge in [0.1, 0.15) is 17.1 Å². The summed E-state index contributed by atoms with van der Waals surface area (Å²) in [5, 5.41) is 9.07. The second-order valence-electron chi connectivity index (χ2n) is 6.10. The molecule has 1 amide bonds. The highest BCUT2D eigenvalue weighted by atomic mass is 16.4. The van der Waals surface area contributed by atoms with E-state index in [1.54, 1.807) is 18.9 Å². The van der Waals surface area contributed by atoms with Crippen molar-refractivity contribution in [2.24, 2.45) is 0 Å². The number of carbonyl (C=O) groups is 2. The molecule has 1 heterocycles. The Bertz CT molecular complexity index is 744. The van der Waals surface area contributed by atoms with E-state index >= 15 is 0 Å². The lowest BCUT2D eigenvalue weighted by molar-refractivity contribution is -0.133. The van der Waals surface area contributed by atoms with E-state index in [9.17, 15) is 9.59 Å². The van der Waals surface area contributed by atoms with Crippen molar-refractivity contribution in [2.75, 3.05) is 7.05 Å². The molecule has 1 aliphatic rings. The number of rotatable bonds is 5. The van der Waals surface area contributed by atoms with E-state index in [2.05, 4.69) is 0 Å². The Morgan fingerprint density at radius 1 is 1.26 bits per heavy atom. The number of hydrogen-bond donors (Lipinski definition) is 1. The smallest absolute Gasteiger partial charge is 0.339 e. The Balaban J connectivity index is 1.76. The molecular weight excluding hydrogens is 294 g/mol. The summed E-state index contributed by atoms with van der Waals surface area (Å²) in [6, 6.07) is 11.3. The maximum atomic E-state index is 12.8. The van der Waals surface area contributed by atoms with Crippen LogP contribution >= 0.6 is 0 Å². The summed E-state index contributed by atoms with van der Waals surface area (Å²) in [6.45, 7) is 1.88. The van der Waals surface area contributed by atoms with Crippen molar-refractivity contribution in [2.45, 2.75) is 31.7 Å². The first-order valence-corrected chi connectivity index (χ1v) is 7.58. The molecule has 2 aromatic rings. The average Bonchev–Trinajstić information content (AvgIpc) is 3.26. The lowest BCUT2D eigenvalue weighted by atomic mass is 9.94. The fraction of sp³-hybridized carbons (Fsp3) is 0.333. The Morgan fingerprint density at radius 3 is 2.43 bits per heavy atom. The summed E-state index contributed by atoms with van der Waals surface area (Å²) in [4.78, 5) is 25.5. The van der Waals surface area contributed by atoms with Crippen molar-refractivity contribution in [1.29, 1.82) is 0 Å². The standard InChI is InChI=1S/C18H19NO4/c1-12-15(16(20)21)10-14(23-12)11-19(2)17(22)18(8-9-18)13-6-4-3-5-7-13/h3-7,10H,8-9,11H2,1-2H3,(H,20,21). The van der Waals surface area contributed by atoms with Gasteiger partial charge in [-0.2, -0.15) is 0 Å². The predicted octanol–water partition coefficient (Wildman–Crippen LogP) is 2.98. The number of aromatic carboxylic acids is 1. The molecule has 1 fully saturated rings. The summed E-state index contributed by atoms with van der Waals surface area (Å²) >= 11 is 0. The van der Waals surface area contributed by atoms with Gasteiger partial charge in [0.05, 0.1) is 12.0 Å². The number of amides is 1. The van der Waals surface area contributed by atoms with Crippen molar-refractivity contribution >= 4 is 11.9 Å². The van der Waals surface area contributed by atoms with Crippen LogP contribution in [0.4, 0.5) is 0 Å². The van der Waals surface area contributed by atoms with Crippen molar-refractivity contribution in [1.82, 2.24) is 4.90 Å². The lowest BCUT2D eigenvalue weighted by Crippen LogP contribution is -2.36. The molecule has 1 N–H and O–H groups in total. The largest absolute Gasteiger partial charge is 0.478 e. The Morgan fingerprint density at radius 2 is 1.91 bits per heavy atom. The normalized spacial score (nSPS) is 15.2. The molecule has 0 radical (unpaired) electrons. The summed E-state index contributed by atoms with van der Waals surface area (Å²) in [6.07, 6.45) is 1.69. The van der Waals surface area contributed by atoms with Crippen LogP contribution in [0.1, 0.15) is 40.3 Å². The zero-order valence-corrected chi connectivity index (χ0v) is 13.2. The first kappa shape index (κ1) is 15.3. The van der Waals surface area contributed by atoms with Crippen LogP contribution in [0.3, 0.4) is 0 Å². The quantitative estimate of drug-likeness (QED) is 0.921. The van der Waals surface area contributed by atoms with E-state index in [-0.39, 0.29) is 18.0 Å². The van der Waals surface area contributed by atoms with Crippen molar-refractivity contribution in [3.05, 3.63) is 59.0 Å². The van der Waals surface area contributed by atoms with E-state index in [1.165, 1.54) is 6.07 Å². The topological polar surface area (TPSA) is 70.8 Å². The maximum absolute atomic E-state index is 12.8. The fourth-order valence-corrected chi connectivity index (χ4v) is 3.01.